The number of methoxy groups -OCH3 is 2. The third kappa shape index (κ3) is 33.6. The van der Waals surface area contributed by atoms with Gasteiger partial charge in [-0.25, -0.2) is 4.79 Å². The van der Waals surface area contributed by atoms with Gasteiger partial charge < -0.3 is 131 Å². The van der Waals surface area contributed by atoms with E-state index >= 15 is 0 Å². The molecule has 0 aromatic heterocycles. The number of carbonyl (C=O) groups excluding carboxylic acids is 14. The molecular formula is C65H108N8O33. The van der Waals surface area contributed by atoms with E-state index in [1.807, 2.05) is 0 Å². The van der Waals surface area contributed by atoms with E-state index in [1.165, 1.54) is 0 Å². The third-order valence-electron chi connectivity index (χ3n) is 16.3. The van der Waals surface area contributed by atoms with E-state index in [4.69, 9.17) is 28.4 Å². The number of aliphatic hydroxyl groups is 9. The average molecular weight is 1530 g/mol. The minimum Gasteiger partial charge on any atom is -0.477 e. The molecule has 0 spiro atoms. The molecule has 0 aromatic rings. The second kappa shape index (κ2) is 50.0. The predicted molar refractivity (Wildman–Crippen MR) is 358 cm³/mol. The molecule has 7 unspecified atom stereocenters. The van der Waals surface area contributed by atoms with Crippen LogP contribution in [0.4, 0.5) is 0 Å². The molecule has 41 nitrogen and oxygen atoms in total. The SMILES string of the molecule is C.CCC(=O)CNC(=O)CCCCC(=O)CCCCO[C@@H]1OC(CO)[C@@H](O[C@@H]2OC(CO[C@]3(C(=O)O)C[C@@H](O)[C@@H](NC(C)=O)C(C(O)C(O)CO)O3)[C@H](O)[C@H](O)C2O)[C@H](O)C1NC(C)=O.CCNC(=O)CCC(=O)CNC(=O)CN(CC(=O)OC)C(=O)CCC(=O)CNC(=O)CN(CC(=O)OC)C(=O)CC. The van der Waals surface area contributed by atoms with Gasteiger partial charge in [0.15, 0.2) is 29.9 Å². The van der Waals surface area contributed by atoms with Crippen LogP contribution >= 0.6 is 0 Å². The molecule has 3 saturated heterocycles. The van der Waals surface area contributed by atoms with Crippen molar-refractivity contribution in [2.24, 2.45) is 0 Å². The van der Waals surface area contributed by atoms with Crippen LogP contribution in [0.25, 0.3) is 0 Å². The van der Waals surface area contributed by atoms with Crippen molar-refractivity contribution >= 4 is 88.3 Å². The first-order chi connectivity index (χ1) is 49.5. The number of esters is 2. The molecule has 0 saturated carbocycles. The number of carbonyl (C=O) groups is 15. The smallest absolute Gasteiger partial charge is 0.364 e. The van der Waals surface area contributed by atoms with Crippen molar-refractivity contribution in [1.29, 1.82) is 0 Å². The third-order valence-corrected chi connectivity index (χ3v) is 16.3. The molecule has 3 rings (SSSR count). The standard InChI is InChI=1S/C39H65N3O22.C25H39N5O11.CH4/c1-4-20(47)14-40-26(51)11-6-5-9-21(48)10-7-8-12-59-36-28(42-19(3)46)31(54)34(24(16-44)61-36)63-37-33(56)32(55)30(53)25(62-37)17-60-39(38(57)58)13-22(49)27(41-18(2)45)35(64-39)29(52)23(50)15-43;1-5-22(36)29(15-24(38)40-3)13-20(34)28-12-18(32)8-10-23(37)30(16-25(39)41-4)14-21(35)27-11-17(31)7-9-19(33)26-6-2;/h22-25,27-37,43-44,49-50,52-56H,4-17H2,1-3H3,(H,40,51)(H,41,45)(H,42,46)(H,57,58);5-16H2,1-4H3,(H,26,33)(H,27,35)(H,28,34);1H4/t22-,23?,24?,25?,27-,28?,29?,30+,31-,32+,33?,34-,35?,36-,37+,39-;;/m1../s1. The summed E-state index contributed by atoms with van der Waals surface area (Å²) in [5.74, 6) is -12.0. The maximum atomic E-state index is 12.6. The summed E-state index contributed by atoms with van der Waals surface area (Å²) < 4.78 is 43.2. The molecule has 0 aliphatic carbocycles. The topological polar surface area (TPSA) is 611 Å². The van der Waals surface area contributed by atoms with Crippen molar-refractivity contribution in [3.63, 3.8) is 0 Å². The normalized spacial score (nSPS) is 24.4. The number of ketones is 4. The molecule has 0 aromatic carbocycles. The van der Waals surface area contributed by atoms with Crippen molar-refractivity contribution in [2.75, 3.05) is 93.0 Å². The van der Waals surface area contributed by atoms with Crippen LogP contribution in [0.5, 0.6) is 0 Å². The Balaban J connectivity index is 0.00000116. The number of carboxylic acids is 1. The van der Waals surface area contributed by atoms with Gasteiger partial charge in [0.2, 0.25) is 47.3 Å². The lowest BCUT2D eigenvalue weighted by molar-refractivity contribution is -0.360. The molecule has 16 atom stereocenters. The Morgan fingerprint density at radius 1 is 0.547 bits per heavy atom. The number of hydrogen-bond acceptors (Lipinski definition) is 32. The largest absolute Gasteiger partial charge is 0.477 e. The van der Waals surface area contributed by atoms with Gasteiger partial charge in [-0.3, -0.25) is 67.1 Å². The summed E-state index contributed by atoms with van der Waals surface area (Å²) >= 11 is 0. The number of aliphatic hydroxyl groups excluding tert-OH is 9. The molecule has 8 amide bonds. The number of unbranched alkanes of at least 4 members (excludes halogenated alkanes) is 2. The molecule has 3 aliphatic rings. The summed E-state index contributed by atoms with van der Waals surface area (Å²) in [4.78, 5) is 182. The van der Waals surface area contributed by atoms with Crippen LogP contribution in [-0.4, -0.2) is 340 Å². The summed E-state index contributed by atoms with van der Waals surface area (Å²) in [7, 11) is 2.22. The summed E-state index contributed by atoms with van der Waals surface area (Å²) in [6, 6.07) is -2.87. The number of aliphatic carboxylic acids is 1. The number of carboxylic acid groups (broad SMARTS) is 1. The summed E-state index contributed by atoms with van der Waals surface area (Å²) in [6.07, 6.45) is -22.9. The summed E-state index contributed by atoms with van der Waals surface area (Å²) in [5.41, 5.74) is 0. The first-order valence-electron chi connectivity index (χ1n) is 34.0. The Morgan fingerprint density at radius 2 is 1.06 bits per heavy atom. The van der Waals surface area contributed by atoms with Crippen LogP contribution in [0.2, 0.25) is 0 Å². The van der Waals surface area contributed by atoms with Gasteiger partial charge in [0.1, 0.15) is 99.0 Å². The zero-order valence-corrected chi connectivity index (χ0v) is 59.8. The Labute approximate surface area is 611 Å². The van der Waals surface area contributed by atoms with Crippen molar-refractivity contribution in [3.8, 4) is 0 Å². The lowest BCUT2D eigenvalue weighted by Gasteiger charge is -2.48. The number of Topliss-reactive ketones (excluding diaryl/α,β-unsaturated/α-hetero) is 4. The zero-order chi connectivity index (χ0) is 79.3. The van der Waals surface area contributed by atoms with Gasteiger partial charge >= 0.3 is 17.9 Å². The zero-order valence-electron chi connectivity index (χ0n) is 59.8. The van der Waals surface area contributed by atoms with E-state index < -0.39 is 228 Å². The van der Waals surface area contributed by atoms with Crippen molar-refractivity contribution in [1.82, 2.24) is 41.7 Å². The maximum absolute atomic E-state index is 12.6. The fourth-order valence-electron chi connectivity index (χ4n) is 10.4. The van der Waals surface area contributed by atoms with Crippen LogP contribution in [-0.2, 0) is 110 Å². The molecule has 41 heteroatoms. The van der Waals surface area contributed by atoms with Crippen LogP contribution in [0.1, 0.15) is 132 Å². The van der Waals surface area contributed by atoms with Gasteiger partial charge in [-0.05, 0) is 32.6 Å². The second-order valence-electron chi connectivity index (χ2n) is 24.6. The molecule has 3 heterocycles. The summed E-state index contributed by atoms with van der Waals surface area (Å²) in [6.45, 7) is 1.75. The summed E-state index contributed by atoms with van der Waals surface area (Å²) in [5, 5.41) is 120. The number of nitrogens with zero attached hydrogens (tertiary/aromatic N) is 2. The Bertz CT molecular complexity index is 2890. The second-order valence-corrected chi connectivity index (χ2v) is 24.6. The lowest BCUT2D eigenvalue weighted by Crippen LogP contribution is -2.69. The average Bonchev–Trinajstić information content (AvgIpc) is 0.757. The van der Waals surface area contributed by atoms with E-state index in [2.05, 4.69) is 41.4 Å². The van der Waals surface area contributed by atoms with Gasteiger partial charge in [-0.15, -0.1) is 0 Å². The van der Waals surface area contributed by atoms with Crippen molar-refractivity contribution < 1.29 is 161 Å². The minimum absolute atomic E-state index is 0. The molecule has 16 N–H and O–H groups in total. The highest BCUT2D eigenvalue weighted by molar-refractivity contribution is 5.94. The molecule has 606 valence electrons. The number of nitrogens with one attached hydrogen (secondary N) is 6. The number of hydrogen-bond donors (Lipinski definition) is 16. The van der Waals surface area contributed by atoms with E-state index in [9.17, 15) is 123 Å². The van der Waals surface area contributed by atoms with Crippen LogP contribution < -0.4 is 31.9 Å². The molecule has 106 heavy (non-hydrogen) atoms. The van der Waals surface area contributed by atoms with Gasteiger partial charge in [-0.1, -0.05) is 21.3 Å². The van der Waals surface area contributed by atoms with Crippen molar-refractivity contribution in [3.05, 3.63) is 0 Å². The van der Waals surface area contributed by atoms with Crippen molar-refractivity contribution in [2.45, 2.75) is 230 Å². The fraction of sp³-hybridized carbons (Fsp3) is 0.769. The van der Waals surface area contributed by atoms with E-state index in [0.29, 0.717) is 38.6 Å². The highest BCUT2D eigenvalue weighted by atomic mass is 16.8. The molecule has 3 aliphatic heterocycles. The number of rotatable bonds is 46. The van der Waals surface area contributed by atoms with E-state index in [1.54, 1.807) is 20.8 Å². The van der Waals surface area contributed by atoms with Gasteiger partial charge in [0, 0.05) is 91.2 Å². The monoisotopic (exact) mass is 1530 g/mol. The Kier molecular flexibility index (Phi) is 45.4. The molecule has 0 bridgehead atoms. The van der Waals surface area contributed by atoms with Gasteiger partial charge in [-0.2, -0.15) is 0 Å². The van der Waals surface area contributed by atoms with E-state index in [-0.39, 0.29) is 95.4 Å². The number of ether oxygens (including phenoxy) is 8. The first kappa shape index (κ1) is 96.3. The number of amides is 8. The van der Waals surface area contributed by atoms with Gasteiger partial charge in [0.05, 0.1) is 65.8 Å². The maximum Gasteiger partial charge on any atom is 0.364 e. The van der Waals surface area contributed by atoms with E-state index in [0.717, 1.165) is 37.9 Å². The molecule has 0 radical (unpaired) electrons. The lowest BCUT2D eigenvalue weighted by atomic mass is 9.88. The Morgan fingerprint density at radius 3 is 1.58 bits per heavy atom. The minimum atomic E-state index is -2.87. The van der Waals surface area contributed by atoms with Crippen LogP contribution in [0, 0.1) is 0 Å². The fourth-order valence-corrected chi connectivity index (χ4v) is 10.4. The molecule has 3 fully saturated rings. The van der Waals surface area contributed by atoms with Gasteiger partial charge in [0.25, 0.3) is 5.79 Å². The quantitative estimate of drug-likeness (QED) is 0.0199. The van der Waals surface area contributed by atoms with Crippen LogP contribution in [0.15, 0.2) is 0 Å². The predicted octanol–water partition coefficient (Wildman–Crippen LogP) is -7.56. The van der Waals surface area contributed by atoms with Crippen LogP contribution in [0.3, 0.4) is 0 Å². The molecular weight excluding hydrogens is 1420 g/mol. The highest BCUT2D eigenvalue weighted by Gasteiger charge is 2.58. The first-order valence-corrected chi connectivity index (χ1v) is 34.0. The highest BCUT2D eigenvalue weighted by Crippen LogP contribution is 2.36. The Hall–Kier alpha value is -7.75.